The predicted molar refractivity (Wildman–Crippen MR) is 457 cm³/mol. The second-order valence-electron chi connectivity index (χ2n) is 28.6. The number of pyridine rings is 4. The van der Waals surface area contributed by atoms with Crippen LogP contribution in [0.3, 0.4) is 0 Å². The Kier molecular flexibility index (Phi) is 31.6. The van der Waals surface area contributed by atoms with E-state index in [1.165, 1.54) is 66.4 Å². The number of carbonyl (C=O) groups is 4. The van der Waals surface area contributed by atoms with Gasteiger partial charge in [0.1, 0.15) is 98.9 Å². The summed E-state index contributed by atoms with van der Waals surface area (Å²) in [6.07, 6.45) is 24.4. The number of carboxylic acid groups (broad SMARTS) is 2. The molecule has 5 aromatic carbocycles. The van der Waals surface area contributed by atoms with Gasteiger partial charge in [0.05, 0.1) is 101 Å². The van der Waals surface area contributed by atoms with E-state index in [1.807, 2.05) is 29.9 Å². The van der Waals surface area contributed by atoms with Crippen LogP contribution in [0.4, 0.5) is 49.6 Å². The number of methoxy groups -OCH3 is 2. The smallest absolute Gasteiger partial charge is 0.543 e. The summed E-state index contributed by atoms with van der Waals surface area (Å²) >= 11 is 0. The molecule has 13 aromatic heterocycles. The van der Waals surface area contributed by atoms with Crippen molar-refractivity contribution in [3.05, 3.63) is 330 Å². The Labute approximate surface area is 764 Å². The van der Waals surface area contributed by atoms with Crippen molar-refractivity contribution in [1.29, 1.82) is 0 Å². The van der Waals surface area contributed by atoms with Crippen LogP contribution in [0.25, 0.3) is 102 Å². The molecule has 18 aromatic rings. The molecular formula is C90H74ClF10N20NaO9. The van der Waals surface area contributed by atoms with Gasteiger partial charge in [-0.15, -0.1) is 12.4 Å². The first-order valence-corrected chi connectivity index (χ1v) is 38.6. The summed E-state index contributed by atoms with van der Waals surface area (Å²) in [5, 5.41) is 36.6. The second-order valence-corrected chi connectivity index (χ2v) is 28.6. The molecule has 0 fully saturated rings. The van der Waals surface area contributed by atoms with Crippen LogP contribution in [-0.2, 0) is 50.2 Å². The summed E-state index contributed by atoms with van der Waals surface area (Å²) in [5.41, 5.74) is 20.7. The third kappa shape index (κ3) is 23.4. The van der Waals surface area contributed by atoms with Crippen LogP contribution in [0.2, 0.25) is 0 Å². The molecule has 0 saturated heterocycles. The molecule has 14 heterocycles. The molecule has 6 N–H and O–H groups in total. The van der Waals surface area contributed by atoms with E-state index in [2.05, 4.69) is 54.8 Å². The first-order valence-electron chi connectivity index (χ1n) is 38.6. The van der Waals surface area contributed by atoms with Gasteiger partial charge in [0.25, 0.3) is 0 Å². The van der Waals surface area contributed by atoms with Crippen molar-refractivity contribution >= 4 is 64.4 Å². The van der Waals surface area contributed by atoms with Crippen molar-refractivity contribution in [2.45, 2.75) is 39.0 Å². The number of ether oxygens (including phenoxy) is 2. The molecule has 1 aliphatic rings. The minimum atomic E-state index is -1.29. The van der Waals surface area contributed by atoms with Gasteiger partial charge in [-0.2, -0.15) is 10.2 Å². The normalized spacial score (nSPS) is 11.8. The first-order chi connectivity index (χ1) is 61.8. The molecule has 19 rings (SSSR count). The monoisotopic (exact) mass is 1830 g/mol. The first kappa shape index (κ1) is 96.8. The number of imidazole rings is 6. The fourth-order valence-corrected chi connectivity index (χ4v) is 13.2. The topological polar surface area (TPSA) is 369 Å². The molecule has 1 unspecified atom stereocenters. The SMILES string of the molecule is COC(=O)c1ccn2cc(-c3cc(F)ccc3F)nc2c1.COCc1ccn2cc(-c3cc(F)ccc3F)nc2c1.Cc1ccnc(-c2cnn(C)c2C(=O)[O-])n1.Cl.Cn1cnc(-c2cnn(C)c2C(=O)CO)c1.NC1CCn2cc(-c3cc(F)ccc3F)nc2C1.Nc1ccn2cc(-c3cc(F)ccc3F)nc2c1.O=C(O)c1ccn2cc(-c3cc(F)ccc3F)nc2c1.[Na+]. The number of Topliss-reactive ketones (excluding diaryl/α,β-unsaturated/α-hetero) is 1. The number of nitrogens with two attached hydrogens (primary N) is 2. The van der Waals surface area contributed by atoms with Crippen LogP contribution >= 0.6 is 12.4 Å². The number of aryl methyl sites for hydroxylation is 5. The van der Waals surface area contributed by atoms with Crippen molar-refractivity contribution in [2.75, 3.05) is 26.6 Å². The van der Waals surface area contributed by atoms with Crippen molar-refractivity contribution in [3.63, 3.8) is 0 Å². The molecular weight excluding hydrogens is 1750 g/mol. The number of aliphatic hydroxyl groups is 1. The number of carbonyl (C=O) groups excluding carboxylic acids is 3. The zero-order valence-electron chi connectivity index (χ0n) is 70.2. The average Bonchev–Trinajstić information content (AvgIpc) is 2.08. The van der Waals surface area contributed by atoms with E-state index < -0.39 is 82.7 Å². The van der Waals surface area contributed by atoms with Crippen molar-refractivity contribution in [2.24, 2.45) is 26.9 Å². The number of rotatable bonds is 14. The molecule has 131 heavy (non-hydrogen) atoms. The minimum absolute atomic E-state index is 0. The average molecular weight is 1830 g/mol. The number of aliphatic hydroxyl groups excluding tert-OH is 1. The van der Waals surface area contributed by atoms with Gasteiger partial charge < -0.3 is 67.8 Å². The Morgan fingerprint density at radius 2 is 0.924 bits per heavy atom. The summed E-state index contributed by atoms with van der Waals surface area (Å²) in [6.45, 7) is 2.53. The zero-order chi connectivity index (χ0) is 92.2. The fraction of sp³-hybridized carbons (Fsp3) is 0.133. The number of hydrogen-bond donors (Lipinski definition) is 4. The number of fused-ring (bicyclic) bond motifs is 5. The number of aromatic carboxylic acids is 2. The van der Waals surface area contributed by atoms with Gasteiger partial charge >= 0.3 is 41.5 Å². The van der Waals surface area contributed by atoms with Gasteiger partial charge in [0.2, 0.25) is 5.78 Å². The van der Waals surface area contributed by atoms with Crippen LogP contribution in [0.1, 0.15) is 65.2 Å². The van der Waals surface area contributed by atoms with E-state index in [-0.39, 0.29) is 104 Å². The van der Waals surface area contributed by atoms with Crippen LogP contribution in [-0.4, -0.2) is 147 Å². The maximum Gasteiger partial charge on any atom is 1.00 e. The fourth-order valence-electron chi connectivity index (χ4n) is 13.2. The van der Waals surface area contributed by atoms with Crippen LogP contribution < -0.4 is 46.1 Å². The maximum atomic E-state index is 13.8. The number of anilines is 1. The quantitative estimate of drug-likeness (QED) is 0.0340. The number of nitrogens with zero attached hydrogens (tertiary/aromatic N) is 18. The Morgan fingerprint density at radius 1 is 0.496 bits per heavy atom. The van der Waals surface area contributed by atoms with Crippen molar-refractivity contribution in [1.82, 2.24) is 86.2 Å². The van der Waals surface area contributed by atoms with E-state index in [9.17, 15) is 68.2 Å². The molecule has 1 atom stereocenters. The Balaban J connectivity index is 0.000000147. The molecule has 0 aliphatic carbocycles. The molecule has 0 radical (unpaired) electrons. The molecule has 29 nitrogen and oxygen atoms in total. The van der Waals surface area contributed by atoms with E-state index in [4.69, 9.17) is 26.4 Å². The van der Waals surface area contributed by atoms with Crippen molar-refractivity contribution < 1.29 is 117 Å². The molecule has 0 saturated carbocycles. The molecule has 666 valence electrons. The largest absolute Gasteiger partial charge is 1.00 e. The standard InChI is InChI=1S/C15H10F2N2O2.C15H12F2N2O.C14H8F2N2O2.C13H13F2N3.C13H9F2N3.C10H12N4O2.C10H10N4O2.ClH.Na/c1-21-15(20)9-4-5-19-8-13(18-14(19)6-9)11-7-10(16)2-3-12(11)17;1-20-9-10-4-5-19-8-14(18-15(19)6-10)12-7-11(16)2-3-13(12)17;15-9-1-2-11(16)10(6-9)12-7-18-4-3-8(14(19)20)5-13(18)17-12;2*14-8-1-2-11(15)10(5-8)12-7-18-4-3-9(16)6-13(18)17-12;1-13-4-8(11-6-13)7-3-12-14(2)10(7)9(16)5-15;1-6-3-4-11-9(13-6)7-5-12-14(2)8(7)10(15)16;;/h2-8H,1H3;2-8H,9H2,1H3;1-7H,(H,19,20);1-2,5,7,9H,3-4,6,16H2;1-7H,16H2;3-4,6,15H,5H2,1-2H3;3-5H,1-2H3,(H,15,16);1H;/q;;;;;;;;+1/p-1. The Hall–Kier alpha value is -14.9. The third-order valence-corrected chi connectivity index (χ3v) is 19.5. The summed E-state index contributed by atoms with van der Waals surface area (Å²) in [7, 11) is 7.94. The molecule has 0 bridgehead atoms. The number of nitrogen functional groups attached to an aromatic ring is 1. The van der Waals surface area contributed by atoms with Gasteiger partial charge in [-0.3, -0.25) is 14.2 Å². The molecule has 1 aliphatic heterocycles. The van der Waals surface area contributed by atoms with E-state index in [0.29, 0.717) is 92.3 Å². The summed E-state index contributed by atoms with van der Waals surface area (Å²) in [4.78, 5) is 78.4. The van der Waals surface area contributed by atoms with Gasteiger partial charge in [-0.25, -0.2) is 93.4 Å². The van der Waals surface area contributed by atoms with E-state index in [1.54, 1.807) is 130 Å². The van der Waals surface area contributed by atoms with Gasteiger partial charge in [0.15, 0.2) is 5.82 Å². The second kappa shape index (κ2) is 42.8. The summed E-state index contributed by atoms with van der Waals surface area (Å²) < 4.78 is 157. The van der Waals surface area contributed by atoms with E-state index in [0.717, 1.165) is 115 Å². The maximum absolute atomic E-state index is 13.8. The number of benzene rings is 5. The molecule has 0 spiro atoms. The van der Waals surface area contributed by atoms with Crippen LogP contribution in [0.15, 0.2) is 232 Å². The van der Waals surface area contributed by atoms with Crippen LogP contribution in [0.5, 0.6) is 0 Å². The number of aromatic nitrogens is 18. The number of hydrogen-bond acceptors (Lipinski definition) is 20. The predicted octanol–water partition coefficient (Wildman–Crippen LogP) is 11.4. The molecule has 0 amide bonds. The van der Waals surface area contributed by atoms with Gasteiger partial charge in [-0.05, 0) is 158 Å². The summed E-state index contributed by atoms with van der Waals surface area (Å²) in [6, 6.07) is 31.1. The number of halogens is 11. The number of carboxylic acids is 2. The number of ketones is 1. The van der Waals surface area contributed by atoms with Gasteiger partial charge in [-0.1, -0.05) is 0 Å². The Bertz CT molecular complexity index is 7220. The van der Waals surface area contributed by atoms with E-state index >= 15 is 0 Å². The van der Waals surface area contributed by atoms with Gasteiger partial charge in [0, 0.05) is 161 Å². The summed E-state index contributed by atoms with van der Waals surface area (Å²) in [5.74, 6) is -7.20. The Morgan fingerprint density at radius 3 is 1.36 bits per heavy atom. The molecule has 41 heteroatoms. The van der Waals surface area contributed by atoms with Crippen molar-refractivity contribution in [3.8, 4) is 78.9 Å². The minimum Gasteiger partial charge on any atom is -0.543 e. The zero-order valence-corrected chi connectivity index (χ0v) is 73.0. The number of esters is 1. The third-order valence-electron chi connectivity index (χ3n) is 19.5. The van der Waals surface area contributed by atoms with Crippen LogP contribution in [0, 0.1) is 65.1 Å².